The summed E-state index contributed by atoms with van der Waals surface area (Å²) in [5.41, 5.74) is 0.253. The van der Waals surface area contributed by atoms with Gasteiger partial charge in [0.1, 0.15) is 0 Å². The smallest absolute Gasteiger partial charge is 0.0711 e. The zero-order valence-corrected chi connectivity index (χ0v) is 18.6. The second-order valence-electron chi connectivity index (χ2n) is 8.93. The highest BCUT2D eigenvalue weighted by molar-refractivity contribution is 4.92. The normalized spacial score (nSPS) is 19.3. The van der Waals surface area contributed by atoms with Gasteiger partial charge in [0.05, 0.1) is 5.60 Å². The van der Waals surface area contributed by atoms with E-state index < -0.39 is 0 Å². The summed E-state index contributed by atoms with van der Waals surface area (Å²) in [5, 5.41) is 0. The van der Waals surface area contributed by atoms with Crippen molar-refractivity contribution in [2.45, 2.75) is 148 Å². The van der Waals surface area contributed by atoms with E-state index in [1.165, 1.54) is 122 Å². The van der Waals surface area contributed by atoms with E-state index >= 15 is 0 Å². The van der Waals surface area contributed by atoms with Crippen LogP contribution in [0.4, 0.5) is 0 Å². The molecule has 0 aromatic heterocycles. The van der Waals surface area contributed by atoms with Crippen molar-refractivity contribution in [2.75, 3.05) is 6.61 Å². The van der Waals surface area contributed by atoms with Gasteiger partial charge in [-0.05, 0) is 31.6 Å². The maximum absolute atomic E-state index is 6.54. The van der Waals surface area contributed by atoms with E-state index in [9.17, 15) is 0 Å². The molecule has 1 aliphatic rings. The van der Waals surface area contributed by atoms with Crippen LogP contribution in [-0.4, -0.2) is 12.2 Å². The third-order valence-corrected chi connectivity index (χ3v) is 6.66. The van der Waals surface area contributed by atoms with E-state index in [-0.39, 0.29) is 5.60 Å². The van der Waals surface area contributed by atoms with E-state index in [0.717, 1.165) is 12.5 Å². The lowest BCUT2D eigenvalue weighted by atomic mass is 9.76. The Balaban J connectivity index is 2.44. The molecule has 1 heteroatoms. The average molecular weight is 367 g/mol. The molecule has 1 atom stereocenters. The van der Waals surface area contributed by atoms with Crippen LogP contribution in [0.25, 0.3) is 0 Å². The summed E-state index contributed by atoms with van der Waals surface area (Å²) < 4.78 is 6.54. The molecular weight excluding hydrogens is 316 g/mol. The number of rotatable bonds is 18. The van der Waals surface area contributed by atoms with Gasteiger partial charge in [-0.25, -0.2) is 0 Å². The maximum Gasteiger partial charge on any atom is 0.0711 e. The number of hydrogen-bond acceptors (Lipinski definition) is 1. The van der Waals surface area contributed by atoms with Crippen molar-refractivity contribution in [1.82, 2.24) is 0 Å². The average Bonchev–Trinajstić information content (AvgIpc) is 3.04. The van der Waals surface area contributed by atoms with Gasteiger partial charge in [-0.3, -0.25) is 0 Å². The first-order valence-corrected chi connectivity index (χ1v) is 12.4. The van der Waals surface area contributed by atoms with Crippen molar-refractivity contribution in [3.63, 3.8) is 0 Å². The fourth-order valence-corrected chi connectivity index (χ4v) is 4.92. The third-order valence-electron chi connectivity index (χ3n) is 6.66. The molecule has 156 valence electrons. The van der Waals surface area contributed by atoms with Crippen LogP contribution in [0.3, 0.4) is 0 Å². The van der Waals surface area contributed by atoms with E-state index in [1.807, 2.05) is 0 Å². The molecule has 0 aliphatic carbocycles. The highest BCUT2D eigenvalue weighted by Crippen LogP contribution is 2.43. The number of ether oxygens (including phenoxy) is 1. The van der Waals surface area contributed by atoms with Crippen LogP contribution in [0, 0.1) is 5.92 Å². The molecule has 1 heterocycles. The Morgan fingerprint density at radius 2 is 1.08 bits per heavy atom. The Hall–Kier alpha value is -0.0400. The Morgan fingerprint density at radius 1 is 0.615 bits per heavy atom. The standard InChI is InChI=1S/C25H50O/c1-4-7-10-13-16-19-24-20-23-26-25(24,21-17-14-11-8-5-2)22-18-15-12-9-6-3/h24H,4-23H2,1-3H3. The molecule has 0 bridgehead atoms. The predicted octanol–water partition coefficient (Wildman–Crippen LogP) is 8.84. The van der Waals surface area contributed by atoms with Gasteiger partial charge in [0, 0.05) is 6.61 Å². The van der Waals surface area contributed by atoms with Gasteiger partial charge in [0.2, 0.25) is 0 Å². The van der Waals surface area contributed by atoms with E-state index in [2.05, 4.69) is 20.8 Å². The second kappa shape index (κ2) is 16.0. The first-order chi connectivity index (χ1) is 12.8. The monoisotopic (exact) mass is 366 g/mol. The van der Waals surface area contributed by atoms with Crippen molar-refractivity contribution in [2.24, 2.45) is 5.92 Å². The summed E-state index contributed by atoms with van der Waals surface area (Å²) in [7, 11) is 0. The molecule has 0 amide bonds. The topological polar surface area (TPSA) is 9.23 Å². The van der Waals surface area contributed by atoms with Gasteiger partial charge in [0.15, 0.2) is 0 Å². The Labute approximate surface area is 166 Å². The first kappa shape index (κ1) is 24.0. The molecule has 1 aliphatic heterocycles. The SMILES string of the molecule is CCCCCCCC1CCOC1(CCCCCCC)CCCCCCC. The minimum atomic E-state index is 0.253. The van der Waals surface area contributed by atoms with Crippen LogP contribution < -0.4 is 0 Å². The van der Waals surface area contributed by atoms with Crippen molar-refractivity contribution < 1.29 is 4.74 Å². The van der Waals surface area contributed by atoms with E-state index in [4.69, 9.17) is 4.74 Å². The zero-order valence-electron chi connectivity index (χ0n) is 18.6. The molecule has 26 heavy (non-hydrogen) atoms. The lowest BCUT2D eigenvalue weighted by molar-refractivity contribution is -0.0413. The minimum absolute atomic E-state index is 0.253. The summed E-state index contributed by atoms with van der Waals surface area (Å²) in [6, 6.07) is 0. The maximum atomic E-state index is 6.54. The van der Waals surface area contributed by atoms with Crippen molar-refractivity contribution in [1.29, 1.82) is 0 Å². The summed E-state index contributed by atoms with van der Waals surface area (Å²) in [6.45, 7) is 7.97. The van der Waals surface area contributed by atoms with Gasteiger partial charge in [0.25, 0.3) is 0 Å². The molecule has 1 rings (SSSR count). The summed E-state index contributed by atoms with van der Waals surface area (Å²) >= 11 is 0. The lowest BCUT2D eigenvalue weighted by Gasteiger charge is -2.35. The van der Waals surface area contributed by atoms with Gasteiger partial charge in [-0.1, -0.05) is 117 Å². The Kier molecular flexibility index (Phi) is 14.7. The second-order valence-corrected chi connectivity index (χ2v) is 8.93. The highest BCUT2D eigenvalue weighted by atomic mass is 16.5. The molecule has 1 unspecified atom stereocenters. The summed E-state index contributed by atoms with van der Waals surface area (Å²) in [4.78, 5) is 0. The highest BCUT2D eigenvalue weighted by Gasteiger charge is 2.42. The van der Waals surface area contributed by atoms with Gasteiger partial charge >= 0.3 is 0 Å². The molecule has 0 saturated carbocycles. The fourth-order valence-electron chi connectivity index (χ4n) is 4.92. The minimum Gasteiger partial charge on any atom is -0.375 e. The fraction of sp³-hybridized carbons (Fsp3) is 1.00. The van der Waals surface area contributed by atoms with Crippen molar-refractivity contribution in [3.05, 3.63) is 0 Å². The van der Waals surface area contributed by atoms with Crippen LogP contribution in [0.15, 0.2) is 0 Å². The Morgan fingerprint density at radius 3 is 1.58 bits per heavy atom. The predicted molar refractivity (Wildman–Crippen MR) is 117 cm³/mol. The molecule has 0 N–H and O–H groups in total. The van der Waals surface area contributed by atoms with Crippen LogP contribution in [0.2, 0.25) is 0 Å². The Bertz CT molecular complexity index is 285. The lowest BCUT2D eigenvalue weighted by Crippen LogP contribution is -2.35. The van der Waals surface area contributed by atoms with Crippen molar-refractivity contribution >= 4 is 0 Å². The molecule has 1 saturated heterocycles. The molecule has 0 radical (unpaired) electrons. The van der Waals surface area contributed by atoms with Crippen LogP contribution in [-0.2, 0) is 4.74 Å². The number of unbranched alkanes of at least 4 members (excludes halogenated alkanes) is 12. The zero-order chi connectivity index (χ0) is 18.9. The van der Waals surface area contributed by atoms with Crippen LogP contribution >= 0.6 is 0 Å². The van der Waals surface area contributed by atoms with Crippen LogP contribution in [0.5, 0.6) is 0 Å². The van der Waals surface area contributed by atoms with Gasteiger partial charge in [-0.15, -0.1) is 0 Å². The summed E-state index contributed by atoms with van der Waals surface area (Å²) in [6.07, 6.45) is 26.5. The summed E-state index contributed by atoms with van der Waals surface area (Å²) in [5.74, 6) is 0.849. The first-order valence-electron chi connectivity index (χ1n) is 12.4. The van der Waals surface area contributed by atoms with E-state index in [1.54, 1.807) is 0 Å². The molecule has 1 fully saturated rings. The quantitative estimate of drug-likeness (QED) is 0.220. The van der Waals surface area contributed by atoms with Gasteiger partial charge in [-0.2, -0.15) is 0 Å². The largest absolute Gasteiger partial charge is 0.375 e. The molecule has 1 nitrogen and oxygen atoms in total. The molecule has 0 aromatic carbocycles. The molecule has 0 aromatic rings. The van der Waals surface area contributed by atoms with Gasteiger partial charge < -0.3 is 4.74 Å². The number of hydrogen-bond donors (Lipinski definition) is 0. The molecule has 0 spiro atoms. The van der Waals surface area contributed by atoms with Crippen LogP contribution in [0.1, 0.15) is 143 Å². The molecular formula is C25H50O. The van der Waals surface area contributed by atoms with Crippen molar-refractivity contribution in [3.8, 4) is 0 Å². The van der Waals surface area contributed by atoms with E-state index in [0.29, 0.717) is 0 Å². The third kappa shape index (κ3) is 9.77.